The minimum atomic E-state index is -0.353. The van der Waals surface area contributed by atoms with Gasteiger partial charge in [0.15, 0.2) is 0 Å². The molecule has 2 heterocycles. The first-order chi connectivity index (χ1) is 9.63. The van der Waals surface area contributed by atoms with Crippen LogP contribution in [0.4, 0.5) is 0 Å². The highest BCUT2D eigenvalue weighted by Gasteiger charge is 2.33. The van der Waals surface area contributed by atoms with Crippen LogP contribution in [-0.2, 0) is 9.59 Å². The molecule has 20 heavy (non-hydrogen) atoms. The van der Waals surface area contributed by atoms with E-state index in [0.717, 1.165) is 4.90 Å². The Balaban J connectivity index is 1.91. The van der Waals surface area contributed by atoms with Gasteiger partial charge < -0.3 is 9.80 Å². The van der Waals surface area contributed by atoms with E-state index in [0.29, 0.717) is 25.4 Å². The van der Waals surface area contributed by atoms with Crippen LogP contribution in [0.1, 0.15) is 13.8 Å². The first-order valence-electron chi connectivity index (χ1n) is 6.74. The summed E-state index contributed by atoms with van der Waals surface area (Å²) in [6, 6.07) is 3.40. The molecule has 1 aromatic heterocycles. The molecule has 5 nitrogen and oxygen atoms in total. The molecule has 0 N–H and O–H groups in total. The van der Waals surface area contributed by atoms with Gasteiger partial charge in [-0.3, -0.25) is 14.6 Å². The van der Waals surface area contributed by atoms with E-state index in [1.807, 2.05) is 19.1 Å². The second kappa shape index (κ2) is 6.74. The molecule has 2 amide bonds. The van der Waals surface area contributed by atoms with Crippen LogP contribution in [0.15, 0.2) is 29.4 Å². The molecule has 1 aliphatic heterocycles. The molecule has 0 radical (unpaired) electrons. The molecule has 0 spiro atoms. The average molecular weight is 293 g/mol. The molecule has 0 bridgehead atoms. The number of rotatable bonds is 4. The first kappa shape index (κ1) is 14.8. The molecule has 0 aliphatic carbocycles. The van der Waals surface area contributed by atoms with Gasteiger partial charge in [0.05, 0.1) is 5.75 Å². The Morgan fingerprint density at radius 1 is 1.40 bits per heavy atom. The van der Waals surface area contributed by atoms with Gasteiger partial charge in [0.1, 0.15) is 6.04 Å². The molecular weight excluding hydrogens is 274 g/mol. The summed E-state index contributed by atoms with van der Waals surface area (Å²) in [6.07, 6.45) is 3.41. The van der Waals surface area contributed by atoms with Crippen LogP contribution in [0, 0.1) is 0 Å². The van der Waals surface area contributed by atoms with Crippen LogP contribution >= 0.6 is 11.8 Å². The lowest BCUT2D eigenvalue weighted by Gasteiger charge is -2.38. The second-order valence-electron chi connectivity index (χ2n) is 4.65. The maximum Gasteiger partial charge on any atom is 0.245 e. The van der Waals surface area contributed by atoms with E-state index in [1.165, 1.54) is 11.8 Å². The third-order valence-corrected chi connectivity index (χ3v) is 4.46. The number of hydrogen-bond acceptors (Lipinski definition) is 4. The quantitative estimate of drug-likeness (QED) is 0.784. The van der Waals surface area contributed by atoms with Crippen molar-refractivity contribution < 1.29 is 9.59 Å². The van der Waals surface area contributed by atoms with E-state index in [1.54, 1.807) is 29.1 Å². The minimum Gasteiger partial charge on any atom is -0.339 e. The Bertz CT molecular complexity index is 481. The van der Waals surface area contributed by atoms with E-state index in [4.69, 9.17) is 0 Å². The summed E-state index contributed by atoms with van der Waals surface area (Å²) in [7, 11) is 0. The highest BCUT2D eigenvalue weighted by molar-refractivity contribution is 8.00. The zero-order valence-electron chi connectivity index (χ0n) is 11.8. The Kier molecular flexibility index (Phi) is 5.00. The van der Waals surface area contributed by atoms with Gasteiger partial charge in [-0.25, -0.2) is 0 Å². The number of likely N-dealkylation sites (N-methyl/N-ethyl adjacent to an activating group) is 1. The van der Waals surface area contributed by atoms with Crippen molar-refractivity contribution in [2.24, 2.45) is 0 Å². The second-order valence-corrected chi connectivity index (χ2v) is 5.70. The highest BCUT2D eigenvalue weighted by Crippen LogP contribution is 2.19. The maximum atomic E-state index is 12.2. The molecule has 108 valence electrons. The number of pyridine rings is 1. The lowest BCUT2D eigenvalue weighted by Crippen LogP contribution is -2.57. The molecule has 0 aromatic carbocycles. The third kappa shape index (κ3) is 3.30. The minimum absolute atomic E-state index is 0.0171. The Morgan fingerprint density at radius 3 is 2.75 bits per heavy atom. The smallest absolute Gasteiger partial charge is 0.245 e. The Hall–Kier alpha value is -1.56. The van der Waals surface area contributed by atoms with E-state index in [2.05, 4.69) is 4.98 Å². The SMILES string of the molecule is CCN1CCN(C(=O)CSc2ccncc2)[C@@H](C)C1=O. The number of piperazine rings is 1. The fraction of sp³-hybridized carbons (Fsp3) is 0.500. The average Bonchev–Trinajstić information content (AvgIpc) is 2.48. The van der Waals surface area contributed by atoms with Crippen LogP contribution in [0.3, 0.4) is 0 Å². The first-order valence-corrected chi connectivity index (χ1v) is 7.73. The van der Waals surface area contributed by atoms with Gasteiger partial charge in [-0.05, 0) is 26.0 Å². The third-order valence-electron chi connectivity index (χ3n) is 3.46. The largest absolute Gasteiger partial charge is 0.339 e. The fourth-order valence-corrected chi connectivity index (χ4v) is 3.02. The number of thioether (sulfide) groups is 1. The van der Waals surface area contributed by atoms with Crippen LogP contribution in [0.25, 0.3) is 0 Å². The van der Waals surface area contributed by atoms with Gasteiger partial charge in [-0.1, -0.05) is 0 Å². The lowest BCUT2D eigenvalue weighted by molar-refractivity contribution is -0.149. The van der Waals surface area contributed by atoms with Crippen LogP contribution in [-0.4, -0.2) is 58.0 Å². The molecule has 1 aromatic rings. The van der Waals surface area contributed by atoms with Crippen LogP contribution in [0.5, 0.6) is 0 Å². The molecule has 0 saturated carbocycles. The summed E-state index contributed by atoms with van der Waals surface area (Å²) in [5.74, 6) is 0.415. The summed E-state index contributed by atoms with van der Waals surface area (Å²) in [5, 5.41) is 0. The Labute approximate surface area is 123 Å². The van der Waals surface area contributed by atoms with Crippen molar-refractivity contribution >= 4 is 23.6 Å². The summed E-state index contributed by atoms with van der Waals surface area (Å²) in [4.78, 5) is 32.7. The van der Waals surface area contributed by atoms with Crippen molar-refractivity contribution in [3.05, 3.63) is 24.5 Å². The van der Waals surface area contributed by atoms with E-state index >= 15 is 0 Å². The molecule has 0 unspecified atom stereocenters. The van der Waals surface area contributed by atoms with Crippen molar-refractivity contribution in [2.45, 2.75) is 24.8 Å². The number of carbonyl (C=O) groups is 2. The topological polar surface area (TPSA) is 53.5 Å². The predicted molar refractivity (Wildman–Crippen MR) is 78.4 cm³/mol. The summed E-state index contributed by atoms with van der Waals surface area (Å²) >= 11 is 1.48. The summed E-state index contributed by atoms with van der Waals surface area (Å²) in [6.45, 7) is 5.72. The number of amides is 2. The van der Waals surface area contributed by atoms with E-state index in [9.17, 15) is 9.59 Å². The monoisotopic (exact) mass is 293 g/mol. The predicted octanol–water partition coefficient (Wildman–Crippen LogP) is 1.25. The molecule has 6 heteroatoms. The number of carbonyl (C=O) groups excluding carboxylic acids is 2. The molecule has 1 aliphatic rings. The van der Waals surface area contributed by atoms with Crippen molar-refractivity contribution in [2.75, 3.05) is 25.4 Å². The summed E-state index contributed by atoms with van der Waals surface area (Å²) in [5.41, 5.74) is 0. The molecule has 1 saturated heterocycles. The zero-order valence-corrected chi connectivity index (χ0v) is 12.6. The van der Waals surface area contributed by atoms with Crippen molar-refractivity contribution in [3.8, 4) is 0 Å². The van der Waals surface area contributed by atoms with Gasteiger partial charge in [0.2, 0.25) is 11.8 Å². The normalized spacial score (nSPS) is 19.3. The van der Waals surface area contributed by atoms with Crippen molar-refractivity contribution in [1.82, 2.24) is 14.8 Å². The highest BCUT2D eigenvalue weighted by atomic mass is 32.2. The number of nitrogens with zero attached hydrogens (tertiary/aromatic N) is 3. The van der Waals surface area contributed by atoms with Gasteiger partial charge in [-0.15, -0.1) is 11.8 Å². The Morgan fingerprint density at radius 2 is 2.10 bits per heavy atom. The van der Waals surface area contributed by atoms with Crippen molar-refractivity contribution in [1.29, 1.82) is 0 Å². The molecular formula is C14H19N3O2S. The van der Waals surface area contributed by atoms with Crippen LogP contribution in [0.2, 0.25) is 0 Å². The summed E-state index contributed by atoms with van der Waals surface area (Å²) < 4.78 is 0. The maximum absolute atomic E-state index is 12.2. The van der Waals surface area contributed by atoms with E-state index in [-0.39, 0.29) is 17.9 Å². The standard InChI is InChI=1S/C14H19N3O2S/c1-3-16-8-9-17(11(2)14(16)19)13(18)10-20-12-4-6-15-7-5-12/h4-7,11H,3,8-10H2,1-2H3/t11-/m0/s1. The van der Waals surface area contributed by atoms with Crippen molar-refractivity contribution in [3.63, 3.8) is 0 Å². The lowest BCUT2D eigenvalue weighted by atomic mass is 10.2. The van der Waals surface area contributed by atoms with Crippen LogP contribution < -0.4 is 0 Å². The van der Waals surface area contributed by atoms with Gasteiger partial charge in [0, 0.05) is 36.9 Å². The van der Waals surface area contributed by atoms with Gasteiger partial charge in [0.25, 0.3) is 0 Å². The number of aromatic nitrogens is 1. The number of hydrogen-bond donors (Lipinski definition) is 0. The fourth-order valence-electron chi connectivity index (χ4n) is 2.25. The molecule has 1 atom stereocenters. The molecule has 1 fully saturated rings. The zero-order chi connectivity index (χ0) is 14.5. The van der Waals surface area contributed by atoms with Gasteiger partial charge in [-0.2, -0.15) is 0 Å². The molecule has 2 rings (SSSR count). The van der Waals surface area contributed by atoms with E-state index < -0.39 is 0 Å². The van der Waals surface area contributed by atoms with Gasteiger partial charge >= 0.3 is 0 Å².